The van der Waals surface area contributed by atoms with Crippen LogP contribution in [0, 0.1) is 5.92 Å². The fraction of sp³-hybridized carbons (Fsp3) is 0.917. The van der Waals surface area contributed by atoms with Crippen molar-refractivity contribution in [3.05, 3.63) is 0 Å². The normalized spacial score (nSPS) is 25.4. The third-order valence-corrected chi connectivity index (χ3v) is 3.11. The summed E-state index contributed by atoms with van der Waals surface area (Å²) in [6, 6.07) is -0.0961. The molecule has 0 aromatic rings. The van der Waals surface area contributed by atoms with E-state index in [1.165, 1.54) is 6.42 Å². The summed E-state index contributed by atoms with van der Waals surface area (Å²) >= 11 is 0. The van der Waals surface area contributed by atoms with Crippen LogP contribution in [0.1, 0.15) is 32.6 Å². The van der Waals surface area contributed by atoms with E-state index >= 15 is 0 Å². The number of methoxy groups -OCH3 is 1. The van der Waals surface area contributed by atoms with Gasteiger partial charge in [-0.15, -0.1) is 0 Å². The summed E-state index contributed by atoms with van der Waals surface area (Å²) in [7, 11) is 1.65. The van der Waals surface area contributed by atoms with Crippen molar-refractivity contribution in [3.63, 3.8) is 0 Å². The van der Waals surface area contributed by atoms with Crippen LogP contribution in [0.4, 0.5) is 0 Å². The zero-order valence-corrected chi connectivity index (χ0v) is 10.3. The summed E-state index contributed by atoms with van der Waals surface area (Å²) in [5, 5.41) is 3.22. The average Bonchev–Trinajstić information content (AvgIpc) is 2.34. The molecule has 2 atom stereocenters. The fourth-order valence-electron chi connectivity index (χ4n) is 2.02. The van der Waals surface area contributed by atoms with Crippen LogP contribution in [0.15, 0.2) is 0 Å². The van der Waals surface area contributed by atoms with Gasteiger partial charge in [0.25, 0.3) is 0 Å². The summed E-state index contributed by atoms with van der Waals surface area (Å²) in [6.07, 6.45) is 4.00. The highest BCUT2D eigenvalue weighted by molar-refractivity contribution is 5.75. The van der Waals surface area contributed by atoms with Gasteiger partial charge in [0.2, 0.25) is 0 Å². The molecule has 0 amide bonds. The van der Waals surface area contributed by atoms with Crippen molar-refractivity contribution in [2.24, 2.45) is 5.92 Å². The fourth-order valence-corrected chi connectivity index (χ4v) is 2.02. The molecule has 0 bridgehead atoms. The van der Waals surface area contributed by atoms with Gasteiger partial charge in [0.15, 0.2) is 0 Å². The lowest BCUT2D eigenvalue weighted by Crippen LogP contribution is -2.44. The number of nitrogens with one attached hydrogen (secondary N) is 1. The number of carbonyl (C=O) groups excluding carboxylic acids is 1. The molecular weight excluding hydrogens is 206 g/mol. The molecule has 1 N–H and O–H groups in total. The van der Waals surface area contributed by atoms with Gasteiger partial charge in [0.05, 0.1) is 6.61 Å². The minimum absolute atomic E-state index is 0.0961. The molecule has 1 aliphatic rings. The largest absolute Gasteiger partial charge is 0.464 e. The Kier molecular flexibility index (Phi) is 6.42. The number of rotatable bonds is 6. The van der Waals surface area contributed by atoms with Crippen molar-refractivity contribution in [2.75, 3.05) is 26.9 Å². The van der Waals surface area contributed by atoms with Gasteiger partial charge < -0.3 is 14.8 Å². The zero-order chi connectivity index (χ0) is 11.8. The van der Waals surface area contributed by atoms with Gasteiger partial charge in [0.1, 0.15) is 6.04 Å². The second kappa shape index (κ2) is 7.63. The van der Waals surface area contributed by atoms with E-state index in [0.717, 1.165) is 25.8 Å². The van der Waals surface area contributed by atoms with Gasteiger partial charge in [-0.1, -0.05) is 13.3 Å². The van der Waals surface area contributed by atoms with Gasteiger partial charge in [-0.3, -0.25) is 4.79 Å². The maximum atomic E-state index is 11.7. The highest BCUT2D eigenvalue weighted by atomic mass is 16.5. The summed E-state index contributed by atoms with van der Waals surface area (Å²) in [5.74, 6) is 0.562. The SMILES string of the molecule is CCC1CCNC(C(=O)OCCCOC)C1. The molecule has 1 heterocycles. The molecule has 1 rings (SSSR count). The maximum absolute atomic E-state index is 11.7. The molecule has 2 unspecified atom stereocenters. The molecule has 1 aliphatic heterocycles. The molecule has 0 radical (unpaired) electrons. The van der Waals surface area contributed by atoms with E-state index in [-0.39, 0.29) is 12.0 Å². The first kappa shape index (κ1) is 13.5. The minimum atomic E-state index is -0.103. The highest BCUT2D eigenvalue weighted by Gasteiger charge is 2.26. The van der Waals surface area contributed by atoms with E-state index in [1.54, 1.807) is 7.11 Å². The predicted molar refractivity (Wildman–Crippen MR) is 62.3 cm³/mol. The Morgan fingerprint density at radius 2 is 2.25 bits per heavy atom. The van der Waals surface area contributed by atoms with Gasteiger partial charge in [-0.05, 0) is 25.3 Å². The van der Waals surface area contributed by atoms with E-state index < -0.39 is 0 Å². The molecule has 0 spiro atoms. The topological polar surface area (TPSA) is 47.6 Å². The molecule has 4 heteroatoms. The van der Waals surface area contributed by atoms with Crippen LogP contribution in [0.5, 0.6) is 0 Å². The number of esters is 1. The lowest BCUT2D eigenvalue weighted by molar-refractivity contribution is -0.147. The number of hydrogen-bond donors (Lipinski definition) is 1. The third kappa shape index (κ3) is 4.49. The van der Waals surface area contributed by atoms with Gasteiger partial charge >= 0.3 is 5.97 Å². The first-order chi connectivity index (χ1) is 7.77. The van der Waals surface area contributed by atoms with Crippen LogP contribution in [0.3, 0.4) is 0 Å². The molecule has 1 saturated heterocycles. The van der Waals surface area contributed by atoms with Crippen LogP contribution in [0.2, 0.25) is 0 Å². The van der Waals surface area contributed by atoms with Crippen LogP contribution < -0.4 is 5.32 Å². The Morgan fingerprint density at radius 1 is 1.44 bits per heavy atom. The van der Waals surface area contributed by atoms with Crippen LogP contribution >= 0.6 is 0 Å². The summed E-state index contributed by atoms with van der Waals surface area (Å²) < 4.78 is 10.1. The lowest BCUT2D eigenvalue weighted by atomic mass is 9.90. The van der Waals surface area contributed by atoms with Gasteiger partial charge in [0, 0.05) is 20.1 Å². The number of ether oxygens (including phenoxy) is 2. The molecule has 94 valence electrons. The smallest absolute Gasteiger partial charge is 0.323 e. The van der Waals surface area contributed by atoms with Crippen molar-refractivity contribution in [1.82, 2.24) is 5.32 Å². The Labute approximate surface area is 97.7 Å². The summed E-state index contributed by atoms with van der Waals surface area (Å²) in [6.45, 7) is 4.21. The quantitative estimate of drug-likeness (QED) is 0.551. The highest BCUT2D eigenvalue weighted by Crippen LogP contribution is 2.19. The third-order valence-electron chi connectivity index (χ3n) is 3.11. The van der Waals surface area contributed by atoms with Crippen molar-refractivity contribution in [3.8, 4) is 0 Å². The number of piperidine rings is 1. The molecule has 0 aromatic carbocycles. The Hall–Kier alpha value is -0.610. The lowest BCUT2D eigenvalue weighted by Gasteiger charge is -2.28. The van der Waals surface area contributed by atoms with Crippen molar-refractivity contribution < 1.29 is 14.3 Å². The summed E-state index contributed by atoms with van der Waals surface area (Å²) in [4.78, 5) is 11.7. The first-order valence-corrected chi connectivity index (χ1v) is 6.16. The monoisotopic (exact) mass is 229 g/mol. The second-order valence-corrected chi connectivity index (χ2v) is 4.32. The van der Waals surface area contributed by atoms with Crippen molar-refractivity contribution in [2.45, 2.75) is 38.6 Å². The number of carbonyl (C=O) groups is 1. The maximum Gasteiger partial charge on any atom is 0.323 e. The van der Waals surface area contributed by atoms with Gasteiger partial charge in [-0.2, -0.15) is 0 Å². The van der Waals surface area contributed by atoms with Crippen LogP contribution in [-0.2, 0) is 14.3 Å². The predicted octanol–water partition coefficient (Wildman–Crippen LogP) is 1.34. The van der Waals surface area contributed by atoms with E-state index in [4.69, 9.17) is 9.47 Å². The van der Waals surface area contributed by atoms with E-state index in [9.17, 15) is 4.79 Å². The van der Waals surface area contributed by atoms with E-state index in [0.29, 0.717) is 19.1 Å². The van der Waals surface area contributed by atoms with Crippen LogP contribution in [-0.4, -0.2) is 38.9 Å². The summed E-state index contributed by atoms with van der Waals surface area (Å²) in [5.41, 5.74) is 0. The number of hydrogen-bond acceptors (Lipinski definition) is 4. The van der Waals surface area contributed by atoms with Crippen molar-refractivity contribution >= 4 is 5.97 Å². The molecular formula is C12H23NO3. The van der Waals surface area contributed by atoms with Crippen LogP contribution in [0.25, 0.3) is 0 Å². The minimum Gasteiger partial charge on any atom is -0.464 e. The molecule has 4 nitrogen and oxygen atoms in total. The zero-order valence-electron chi connectivity index (χ0n) is 10.3. The Bertz CT molecular complexity index is 208. The van der Waals surface area contributed by atoms with Crippen molar-refractivity contribution in [1.29, 1.82) is 0 Å². The second-order valence-electron chi connectivity index (χ2n) is 4.32. The Morgan fingerprint density at radius 3 is 2.94 bits per heavy atom. The Balaban J connectivity index is 2.19. The first-order valence-electron chi connectivity index (χ1n) is 6.16. The molecule has 1 fully saturated rings. The standard InChI is InChI=1S/C12H23NO3/c1-3-10-5-6-13-11(9-10)12(14)16-8-4-7-15-2/h10-11,13H,3-9H2,1-2H3. The van der Waals surface area contributed by atoms with Gasteiger partial charge in [-0.25, -0.2) is 0 Å². The molecule has 16 heavy (non-hydrogen) atoms. The molecule has 0 aliphatic carbocycles. The van der Waals surface area contributed by atoms with E-state index in [2.05, 4.69) is 12.2 Å². The molecule has 0 aromatic heterocycles. The average molecular weight is 229 g/mol. The molecule has 0 saturated carbocycles. The van der Waals surface area contributed by atoms with E-state index in [1.807, 2.05) is 0 Å².